The lowest BCUT2D eigenvalue weighted by atomic mass is 10.3. The lowest BCUT2D eigenvalue weighted by molar-refractivity contribution is -0.849. The number of halogens is 2. The van der Waals surface area contributed by atoms with Crippen molar-refractivity contribution in [1.82, 2.24) is 0 Å². The Labute approximate surface area is 110 Å². The van der Waals surface area contributed by atoms with Gasteiger partial charge in [0.15, 0.2) is 0 Å². The van der Waals surface area contributed by atoms with E-state index in [1.165, 1.54) is 0 Å². The van der Waals surface area contributed by atoms with E-state index in [1.807, 2.05) is 0 Å². The molecular weight excluding hydrogens is 267 g/mol. The second kappa shape index (κ2) is 6.05. The van der Waals surface area contributed by atoms with Crippen LogP contribution in [0.1, 0.15) is 0 Å². The lowest BCUT2D eigenvalue weighted by Crippen LogP contribution is -2.27. The van der Waals surface area contributed by atoms with Crippen molar-refractivity contribution in [1.29, 1.82) is 0 Å². The van der Waals surface area contributed by atoms with Crippen molar-refractivity contribution in [3.63, 3.8) is 0 Å². The van der Waals surface area contributed by atoms with Crippen LogP contribution in [0.4, 0.5) is 5.69 Å². The molecule has 0 aliphatic rings. The molecule has 0 unspecified atom stereocenters. The second-order valence-electron chi connectivity index (χ2n) is 4.68. The van der Waals surface area contributed by atoms with Gasteiger partial charge < -0.3 is 9.59 Å². The van der Waals surface area contributed by atoms with Crippen LogP contribution in [0.15, 0.2) is 12.1 Å². The van der Waals surface area contributed by atoms with E-state index in [0.29, 0.717) is 0 Å². The summed E-state index contributed by atoms with van der Waals surface area (Å²) in [6.45, 7) is 0. The zero-order chi connectivity index (χ0) is 13.8. The van der Waals surface area contributed by atoms with Crippen molar-refractivity contribution >= 4 is 28.9 Å². The number of non-ortho nitro benzene ring substituents is 1. The third kappa shape index (κ3) is 6.99. The molecule has 0 saturated heterocycles. The van der Waals surface area contributed by atoms with E-state index in [2.05, 4.69) is 28.2 Å². The highest BCUT2D eigenvalue weighted by Gasteiger charge is 2.08. The lowest BCUT2D eigenvalue weighted by Gasteiger charge is -2.14. The first kappa shape index (κ1) is 16.0. The smallest absolute Gasteiger partial charge is 0.272 e. The van der Waals surface area contributed by atoms with E-state index < -0.39 is 10.7 Å². The van der Waals surface area contributed by atoms with Gasteiger partial charge in [0.25, 0.3) is 5.69 Å². The summed E-state index contributed by atoms with van der Waals surface area (Å²) in [5.74, 6) is -0.594. The summed E-state index contributed by atoms with van der Waals surface area (Å²) in [7, 11) is 8.50. The van der Waals surface area contributed by atoms with Crippen molar-refractivity contribution in [3.05, 3.63) is 32.3 Å². The van der Waals surface area contributed by atoms with Gasteiger partial charge in [0, 0.05) is 22.2 Å². The van der Waals surface area contributed by atoms with Crippen molar-refractivity contribution in [2.24, 2.45) is 0 Å². The molecule has 17 heavy (non-hydrogen) atoms. The number of nitrogens with zero attached hydrogens (tertiary/aromatic N) is 2. The van der Waals surface area contributed by atoms with Crippen molar-refractivity contribution in [2.45, 2.75) is 0 Å². The van der Waals surface area contributed by atoms with Crippen LogP contribution in [0, 0.1) is 10.1 Å². The summed E-state index contributed by atoms with van der Waals surface area (Å²) in [6.07, 6.45) is 0. The first-order chi connectivity index (χ1) is 7.52. The topological polar surface area (TPSA) is 66.2 Å². The summed E-state index contributed by atoms with van der Waals surface area (Å²) >= 11 is 10.7. The van der Waals surface area contributed by atoms with Crippen LogP contribution in [-0.4, -0.2) is 37.6 Å². The molecule has 0 N–H and O–H groups in total. The second-order valence-corrected chi connectivity index (χ2v) is 5.49. The van der Waals surface area contributed by atoms with Gasteiger partial charge in [0.2, 0.25) is 0 Å². The Hall–Kier alpha value is -1.04. The van der Waals surface area contributed by atoms with E-state index in [4.69, 9.17) is 23.2 Å². The Bertz CT molecular complexity index is 387. The average Bonchev–Trinajstić information content (AvgIpc) is 2.10. The maximum Gasteiger partial charge on any atom is 0.272 e. The Morgan fingerprint density at radius 1 is 1.12 bits per heavy atom. The summed E-state index contributed by atoms with van der Waals surface area (Å²) in [4.78, 5) is 9.53. The van der Waals surface area contributed by atoms with Gasteiger partial charge in [0.05, 0.1) is 33.1 Å². The van der Waals surface area contributed by atoms with Crippen molar-refractivity contribution < 1.29 is 14.5 Å². The molecule has 0 radical (unpaired) electrons. The summed E-state index contributed by atoms with van der Waals surface area (Å²) in [5, 5.41) is 20.6. The highest BCUT2D eigenvalue weighted by atomic mass is 35.5. The van der Waals surface area contributed by atoms with E-state index in [9.17, 15) is 15.2 Å². The number of quaternary nitrogens is 1. The molecule has 5 nitrogen and oxygen atoms in total. The normalized spacial score (nSPS) is 10.5. The molecule has 0 aliphatic carbocycles. The SMILES string of the molecule is C[N+](C)(C)C.O=[N+]([O-])c1cc(Cl)c([O-])c(Cl)c1. The molecule has 1 aromatic rings. The number of hydrogen-bond acceptors (Lipinski definition) is 3. The van der Waals surface area contributed by atoms with Crippen LogP contribution >= 0.6 is 23.2 Å². The standard InChI is InChI=1S/C6H3Cl2NO3.C4H12N/c7-4-1-3(9(11)12)2-5(8)6(4)10;1-5(2,3)4/h1-2,10H;1-4H3/q;+1/p-1. The highest BCUT2D eigenvalue weighted by molar-refractivity contribution is 6.37. The van der Waals surface area contributed by atoms with Gasteiger partial charge in [-0.3, -0.25) is 10.1 Å². The van der Waals surface area contributed by atoms with E-state index >= 15 is 0 Å². The summed E-state index contributed by atoms with van der Waals surface area (Å²) < 4.78 is 1.00. The van der Waals surface area contributed by atoms with Crippen LogP contribution in [-0.2, 0) is 0 Å². The minimum absolute atomic E-state index is 0.241. The van der Waals surface area contributed by atoms with E-state index in [1.54, 1.807) is 0 Å². The molecule has 0 bridgehead atoms. The van der Waals surface area contributed by atoms with Gasteiger partial charge >= 0.3 is 0 Å². The van der Waals surface area contributed by atoms with E-state index in [-0.39, 0.29) is 15.7 Å². The Morgan fingerprint density at radius 2 is 1.41 bits per heavy atom. The predicted molar refractivity (Wildman–Crippen MR) is 66.5 cm³/mol. The van der Waals surface area contributed by atoms with Crippen LogP contribution in [0.25, 0.3) is 0 Å². The zero-order valence-electron chi connectivity index (χ0n) is 10.0. The maximum atomic E-state index is 10.9. The van der Waals surface area contributed by atoms with Gasteiger partial charge in [0.1, 0.15) is 0 Å². The predicted octanol–water partition coefficient (Wildman–Crippen LogP) is 2.30. The largest absolute Gasteiger partial charge is 0.870 e. The van der Waals surface area contributed by atoms with Crippen LogP contribution in [0.5, 0.6) is 5.75 Å². The summed E-state index contributed by atoms with van der Waals surface area (Å²) in [6, 6.07) is 1.94. The minimum Gasteiger partial charge on any atom is -0.870 e. The van der Waals surface area contributed by atoms with Gasteiger partial charge in [-0.1, -0.05) is 29.0 Å². The van der Waals surface area contributed by atoms with Crippen molar-refractivity contribution in [2.75, 3.05) is 28.2 Å². The zero-order valence-corrected chi connectivity index (χ0v) is 11.5. The Balaban J connectivity index is 0.000000437. The number of benzene rings is 1. The molecule has 0 atom stereocenters. The molecule has 0 amide bonds. The molecular formula is C10H14Cl2N2O3. The van der Waals surface area contributed by atoms with E-state index in [0.717, 1.165) is 16.6 Å². The van der Waals surface area contributed by atoms with Gasteiger partial charge in [-0.05, 0) is 0 Å². The fourth-order valence-electron chi connectivity index (χ4n) is 0.652. The van der Waals surface area contributed by atoms with Crippen LogP contribution < -0.4 is 5.11 Å². The molecule has 0 saturated carbocycles. The molecule has 7 heteroatoms. The first-order valence-corrected chi connectivity index (χ1v) is 5.37. The van der Waals surface area contributed by atoms with Gasteiger partial charge in [-0.15, -0.1) is 0 Å². The molecule has 96 valence electrons. The van der Waals surface area contributed by atoms with Crippen LogP contribution in [0.3, 0.4) is 0 Å². The third-order valence-electron chi connectivity index (χ3n) is 1.19. The molecule has 1 aromatic carbocycles. The average molecular weight is 281 g/mol. The van der Waals surface area contributed by atoms with Gasteiger partial charge in [-0.2, -0.15) is 0 Å². The maximum absolute atomic E-state index is 10.9. The Kier molecular flexibility index (Phi) is 5.68. The fraction of sp³-hybridized carbons (Fsp3) is 0.400. The molecule has 0 fully saturated rings. The van der Waals surface area contributed by atoms with Gasteiger partial charge in [-0.25, -0.2) is 0 Å². The quantitative estimate of drug-likeness (QED) is 0.450. The summed E-state index contributed by atoms with van der Waals surface area (Å²) in [5.41, 5.74) is -0.287. The first-order valence-electron chi connectivity index (χ1n) is 4.61. The van der Waals surface area contributed by atoms with Crippen LogP contribution in [0.2, 0.25) is 10.0 Å². The molecule has 0 aliphatic heterocycles. The fourth-order valence-corrected chi connectivity index (χ4v) is 1.13. The minimum atomic E-state index is -0.669. The monoisotopic (exact) mass is 280 g/mol. The molecule has 0 aromatic heterocycles. The number of nitro benzene ring substituents is 1. The highest BCUT2D eigenvalue weighted by Crippen LogP contribution is 2.33. The Morgan fingerprint density at radius 3 is 1.65 bits per heavy atom. The molecule has 0 heterocycles. The van der Waals surface area contributed by atoms with Crippen molar-refractivity contribution in [3.8, 4) is 5.75 Å². The third-order valence-corrected chi connectivity index (χ3v) is 1.76. The molecule has 1 rings (SSSR count). The molecule has 0 spiro atoms. The number of rotatable bonds is 1. The number of hydrogen-bond donors (Lipinski definition) is 0. The number of nitro groups is 1.